The van der Waals surface area contributed by atoms with Crippen molar-refractivity contribution in [3.8, 4) is 0 Å². The molecule has 188 valence electrons. The normalized spacial score (nSPS) is 23.6. The standard InChI is InChI=1S/C26H25F3N4O3/c1-36-25(35)20-15-32(14-19(20)16-8-4-2-5-9-16)24(34)18-13-30-33-22(26(27,28)29)12-21(31-23(18)33)17-10-6-3-7-11-17/h2-11,13,19-22,31H,12,14-15H2,1H3. The van der Waals surface area contributed by atoms with Crippen molar-refractivity contribution in [1.82, 2.24) is 14.7 Å². The van der Waals surface area contributed by atoms with Gasteiger partial charge in [-0.25, -0.2) is 4.68 Å². The van der Waals surface area contributed by atoms with Crippen LogP contribution in [0.1, 0.15) is 45.9 Å². The number of hydrogen-bond acceptors (Lipinski definition) is 5. The van der Waals surface area contributed by atoms with Gasteiger partial charge >= 0.3 is 12.1 Å². The van der Waals surface area contributed by atoms with Crippen molar-refractivity contribution in [2.75, 3.05) is 25.5 Å². The molecule has 1 amide bonds. The van der Waals surface area contributed by atoms with E-state index in [9.17, 15) is 22.8 Å². The van der Waals surface area contributed by atoms with E-state index in [1.165, 1.54) is 18.2 Å². The molecule has 2 aliphatic heterocycles. The van der Waals surface area contributed by atoms with Crippen LogP contribution < -0.4 is 5.32 Å². The minimum absolute atomic E-state index is 0.0280. The molecule has 0 saturated carbocycles. The first-order valence-corrected chi connectivity index (χ1v) is 11.7. The molecule has 5 rings (SSSR count). The van der Waals surface area contributed by atoms with E-state index in [1.807, 2.05) is 30.3 Å². The maximum absolute atomic E-state index is 14.0. The minimum Gasteiger partial charge on any atom is -0.469 e. The van der Waals surface area contributed by atoms with Gasteiger partial charge in [0.1, 0.15) is 11.4 Å². The second-order valence-corrected chi connectivity index (χ2v) is 9.11. The highest BCUT2D eigenvalue weighted by molar-refractivity contribution is 5.99. The summed E-state index contributed by atoms with van der Waals surface area (Å²) in [5, 5.41) is 7.09. The molecule has 1 N–H and O–H groups in total. The van der Waals surface area contributed by atoms with E-state index >= 15 is 0 Å². The largest absolute Gasteiger partial charge is 0.469 e. The number of esters is 1. The summed E-state index contributed by atoms with van der Waals surface area (Å²) in [6, 6.07) is 15.6. The summed E-state index contributed by atoms with van der Waals surface area (Å²) in [6.45, 7) is 0.332. The van der Waals surface area contributed by atoms with Crippen molar-refractivity contribution >= 4 is 17.7 Å². The van der Waals surface area contributed by atoms with Gasteiger partial charge in [-0.05, 0) is 11.1 Å². The summed E-state index contributed by atoms with van der Waals surface area (Å²) in [6.07, 6.45) is -3.61. The molecule has 7 nitrogen and oxygen atoms in total. The molecule has 10 heteroatoms. The zero-order valence-corrected chi connectivity index (χ0v) is 19.5. The summed E-state index contributed by atoms with van der Waals surface area (Å²) < 4.78 is 47.8. The summed E-state index contributed by atoms with van der Waals surface area (Å²) in [4.78, 5) is 27.6. The Morgan fingerprint density at radius 1 is 1.00 bits per heavy atom. The number of amides is 1. The van der Waals surface area contributed by atoms with E-state index < -0.39 is 36.1 Å². The molecule has 1 saturated heterocycles. The number of carbonyl (C=O) groups is 2. The van der Waals surface area contributed by atoms with Gasteiger partial charge in [-0.1, -0.05) is 60.7 Å². The molecule has 3 aromatic rings. The Morgan fingerprint density at radius 2 is 1.64 bits per heavy atom. The van der Waals surface area contributed by atoms with Crippen molar-refractivity contribution in [2.24, 2.45) is 5.92 Å². The third-order valence-corrected chi connectivity index (χ3v) is 7.01. The second kappa shape index (κ2) is 9.33. The van der Waals surface area contributed by atoms with Crippen molar-refractivity contribution in [2.45, 2.75) is 30.6 Å². The number of halogens is 3. The predicted octanol–water partition coefficient (Wildman–Crippen LogP) is 4.57. The van der Waals surface area contributed by atoms with Crippen LogP contribution in [0.15, 0.2) is 66.9 Å². The molecule has 3 heterocycles. The first-order valence-electron chi connectivity index (χ1n) is 11.7. The molecule has 2 aliphatic rings. The number of aromatic nitrogens is 2. The second-order valence-electron chi connectivity index (χ2n) is 9.11. The van der Waals surface area contributed by atoms with Gasteiger partial charge in [0.25, 0.3) is 5.91 Å². The lowest BCUT2D eigenvalue weighted by molar-refractivity contribution is -0.173. The Labute approximate surface area is 205 Å². The van der Waals surface area contributed by atoms with Gasteiger partial charge in [0.05, 0.1) is 25.3 Å². The van der Waals surface area contributed by atoms with Crippen LogP contribution in [0.3, 0.4) is 0 Å². The van der Waals surface area contributed by atoms with Crippen LogP contribution in [-0.2, 0) is 9.53 Å². The quantitative estimate of drug-likeness (QED) is 0.534. The van der Waals surface area contributed by atoms with Gasteiger partial charge in [0, 0.05) is 25.4 Å². The number of methoxy groups -OCH3 is 1. The zero-order chi connectivity index (χ0) is 25.4. The third-order valence-electron chi connectivity index (χ3n) is 7.01. The smallest absolute Gasteiger partial charge is 0.410 e. The van der Waals surface area contributed by atoms with Gasteiger partial charge in [-0.15, -0.1) is 0 Å². The molecular formula is C26H25F3N4O3. The molecule has 1 aromatic heterocycles. The topological polar surface area (TPSA) is 76.5 Å². The maximum Gasteiger partial charge on any atom is 0.410 e. The van der Waals surface area contributed by atoms with E-state index in [0.717, 1.165) is 10.2 Å². The van der Waals surface area contributed by atoms with Crippen LogP contribution in [0.4, 0.5) is 19.0 Å². The molecule has 36 heavy (non-hydrogen) atoms. The molecule has 1 fully saturated rings. The van der Waals surface area contributed by atoms with Gasteiger partial charge in [0.2, 0.25) is 0 Å². The molecule has 4 atom stereocenters. The highest BCUT2D eigenvalue weighted by Gasteiger charge is 2.48. The first kappa shape index (κ1) is 23.9. The Bertz CT molecular complexity index is 1250. The van der Waals surface area contributed by atoms with Crippen molar-refractivity contribution in [1.29, 1.82) is 0 Å². The average molecular weight is 499 g/mol. The zero-order valence-electron chi connectivity index (χ0n) is 19.5. The van der Waals surface area contributed by atoms with E-state index in [1.54, 1.807) is 30.3 Å². The van der Waals surface area contributed by atoms with E-state index in [0.29, 0.717) is 5.56 Å². The van der Waals surface area contributed by atoms with Crippen LogP contribution >= 0.6 is 0 Å². The summed E-state index contributed by atoms with van der Waals surface area (Å²) in [5.41, 5.74) is 1.62. The number of hydrogen-bond donors (Lipinski definition) is 1. The van der Waals surface area contributed by atoms with Gasteiger partial charge in [-0.3, -0.25) is 9.59 Å². The monoisotopic (exact) mass is 498 g/mol. The van der Waals surface area contributed by atoms with Crippen LogP contribution in [0.5, 0.6) is 0 Å². The number of likely N-dealkylation sites (tertiary alicyclic amines) is 1. The average Bonchev–Trinajstić information content (AvgIpc) is 3.53. The van der Waals surface area contributed by atoms with Crippen LogP contribution in [-0.4, -0.2) is 52.9 Å². The molecule has 4 unspecified atom stereocenters. The Hall–Kier alpha value is -3.82. The van der Waals surface area contributed by atoms with E-state index in [2.05, 4.69) is 10.4 Å². The lowest BCUT2D eigenvalue weighted by atomic mass is 9.89. The molecule has 0 bridgehead atoms. The number of anilines is 1. The van der Waals surface area contributed by atoms with E-state index in [-0.39, 0.29) is 36.8 Å². The van der Waals surface area contributed by atoms with Crippen LogP contribution in [0.2, 0.25) is 0 Å². The number of ether oxygens (including phenoxy) is 1. The molecule has 2 aromatic carbocycles. The first-order chi connectivity index (χ1) is 17.3. The number of carbonyl (C=O) groups excluding carboxylic acids is 2. The summed E-state index contributed by atoms with van der Waals surface area (Å²) in [5.74, 6) is -1.76. The number of nitrogens with one attached hydrogen (secondary N) is 1. The molecule has 0 radical (unpaired) electrons. The van der Waals surface area contributed by atoms with Gasteiger partial charge < -0.3 is 15.0 Å². The lowest BCUT2D eigenvalue weighted by Gasteiger charge is -2.34. The highest BCUT2D eigenvalue weighted by atomic mass is 19.4. The number of fused-ring (bicyclic) bond motifs is 1. The number of benzene rings is 2. The van der Waals surface area contributed by atoms with Crippen molar-refractivity contribution in [3.05, 3.63) is 83.6 Å². The van der Waals surface area contributed by atoms with Crippen molar-refractivity contribution in [3.63, 3.8) is 0 Å². The highest BCUT2D eigenvalue weighted by Crippen LogP contribution is 2.45. The van der Waals surface area contributed by atoms with Crippen LogP contribution in [0, 0.1) is 5.92 Å². The Morgan fingerprint density at radius 3 is 2.25 bits per heavy atom. The lowest BCUT2D eigenvalue weighted by Crippen LogP contribution is -2.37. The van der Waals surface area contributed by atoms with Crippen LogP contribution in [0.25, 0.3) is 0 Å². The minimum atomic E-state index is -4.54. The fourth-order valence-electron chi connectivity index (χ4n) is 5.19. The SMILES string of the molecule is COC(=O)C1CN(C(=O)c2cnn3c2NC(c2ccccc2)CC3C(F)(F)F)CC1c1ccccc1. The summed E-state index contributed by atoms with van der Waals surface area (Å²) >= 11 is 0. The summed E-state index contributed by atoms with van der Waals surface area (Å²) in [7, 11) is 1.30. The molecule has 0 aliphatic carbocycles. The Balaban J connectivity index is 1.47. The Kier molecular flexibility index (Phi) is 6.19. The fraction of sp³-hybridized carbons (Fsp3) is 0.346. The van der Waals surface area contributed by atoms with Gasteiger partial charge in [0.15, 0.2) is 6.04 Å². The maximum atomic E-state index is 14.0. The predicted molar refractivity (Wildman–Crippen MR) is 125 cm³/mol. The van der Waals surface area contributed by atoms with Gasteiger partial charge in [-0.2, -0.15) is 18.3 Å². The third kappa shape index (κ3) is 4.31. The van der Waals surface area contributed by atoms with Crippen molar-refractivity contribution < 1.29 is 27.5 Å². The number of nitrogens with zero attached hydrogens (tertiary/aromatic N) is 3. The number of rotatable bonds is 4. The molecule has 0 spiro atoms. The molecular weight excluding hydrogens is 473 g/mol. The number of alkyl halides is 3. The van der Waals surface area contributed by atoms with E-state index in [4.69, 9.17) is 4.74 Å². The fourth-order valence-corrected chi connectivity index (χ4v) is 5.19.